The van der Waals surface area contributed by atoms with Crippen LogP contribution in [0.25, 0.3) is 0 Å². The highest BCUT2D eigenvalue weighted by Gasteiger charge is 2.52. The molecule has 1 fully saturated rings. The fourth-order valence-electron chi connectivity index (χ4n) is 3.95. The molecule has 0 spiro atoms. The number of hydrogen-bond donors (Lipinski definition) is 1. The maximum atomic E-state index is 12.1. The molecule has 0 saturated carbocycles. The van der Waals surface area contributed by atoms with Crippen molar-refractivity contribution in [3.63, 3.8) is 0 Å². The third kappa shape index (κ3) is 2.64. The van der Waals surface area contributed by atoms with Crippen LogP contribution in [0.1, 0.15) is 31.7 Å². The predicted octanol–water partition coefficient (Wildman–Crippen LogP) is 2.46. The highest BCUT2D eigenvalue weighted by Crippen LogP contribution is 2.53. The van der Waals surface area contributed by atoms with E-state index in [1.54, 1.807) is 4.90 Å². The molecule has 0 aliphatic carbocycles. The molecule has 2 aliphatic rings. The van der Waals surface area contributed by atoms with Gasteiger partial charge < -0.3 is 20.3 Å². The zero-order valence-electron chi connectivity index (χ0n) is 13.9. The zero-order chi connectivity index (χ0) is 17.5. The number of halogens is 1. The van der Waals surface area contributed by atoms with Gasteiger partial charge >= 0.3 is 6.09 Å². The van der Waals surface area contributed by atoms with Gasteiger partial charge in [-0.15, -0.1) is 0 Å². The third-order valence-corrected chi connectivity index (χ3v) is 5.80. The van der Waals surface area contributed by atoms with Crippen LogP contribution in [0.2, 0.25) is 0 Å². The van der Waals surface area contributed by atoms with E-state index in [-0.39, 0.29) is 30.0 Å². The molecule has 2 aliphatic heterocycles. The van der Waals surface area contributed by atoms with Gasteiger partial charge in [-0.3, -0.25) is 4.79 Å². The zero-order valence-corrected chi connectivity index (χ0v) is 15.5. The predicted molar refractivity (Wildman–Crippen MR) is 95.0 cm³/mol. The van der Waals surface area contributed by atoms with Crippen molar-refractivity contribution in [1.29, 1.82) is 0 Å². The summed E-state index contributed by atoms with van der Waals surface area (Å²) >= 11 is 3.61. The van der Waals surface area contributed by atoms with E-state index >= 15 is 0 Å². The van der Waals surface area contributed by atoms with Crippen LogP contribution in [0.4, 0.5) is 10.5 Å². The Morgan fingerprint density at radius 1 is 1.46 bits per heavy atom. The van der Waals surface area contributed by atoms with Crippen molar-refractivity contribution in [3.8, 4) is 0 Å². The Balaban J connectivity index is 1.99. The number of primary amides is 1. The summed E-state index contributed by atoms with van der Waals surface area (Å²) in [5.74, 6) is -0.242. The molecule has 2 amide bonds. The molecule has 24 heavy (non-hydrogen) atoms. The van der Waals surface area contributed by atoms with Crippen LogP contribution in [0.3, 0.4) is 0 Å². The molecule has 2 heterocycles. The van der Waals surface area contributed by atoms with E-state index in [9.17, 15) is 9.59 Å². The number of benzene rings is 1. The quantitative estimate of drug-likeness (QED) is 0.852. The average Bonchev–Trinajstić information content (AvgIpc) is 2.77. The molecule has 1 saturated heterocycles. The number of nitrogens with zero attached hydrogens (tertiary/aromatic N) is 2. The number of carbonyl (C=O) groups is 2. The Morgan fingerprint density at radius 2 is 2.21 bits per heavy atom. The van der Waals surface area contributed by atoms with Crippen LogP contribution < -0.4 is 10.6 Å². The second-order valence-electron chi connectivity index (χ2n) is 6.53. The van der Waals surface area contributed by atoms with Crippen molar-refractivity contribution in [3.05, 3.63) is 28.2 Å². The topological polar surface area (TPSA) is 75.9 Å². The highest BCUT2D eigenvalue weighted by atomic mass is 79.9. The average molecular weight is 396 g/mol. The number of ether oxygens (including phenoxy) is 1. The minimum Gasteiger partial charge on any atom is -0.450 e. The first-order chi connectivity index (χ1) is 11.4. The number of piperidine rings is 1. The first-order valence-electron chi connectivity index (χ1n) is 8.14. The second kappa shape index (κ2) is 6.27. The second-order valence-corrected chi connectivity index (χ2v) is 7.39. The molecule has 2 atom stereocenters. The molecular formula is C17H22BrN3O3. The van der Waals surface area contributed by atoms with E-state index in [1.165, 1.54) is 0 Å². The summed E-state index contributed by atoms with van der Waals surface area (Å²) in [7, 11) is 0. The molecule has 7 heteroatoms. The molecule has 0 aromatic heterocycles. The van der Waals surface area contributed by atoms with Crippen LogP contribution in [-0.2, 0) is 9.53 Å². The number of nitrogens with two attached hydrogens (primary N) is 1. The van der Waals surface area contributed by atoms with Gasteiger partial charge in [0.05, 0.1) is 18.8 Å². The summed E-state index contributed by atoms with van der Waals surface area (Å²) in [4.78, 5) is 27.6. The molecular weight excluding hydrogens is 374 g/mol. The van der Waals surface area contributed by atoms with Gasteiger partial charge in [0.15, 0.2) is 0 Å². The highest BCUT2D eigenvalue weighted by molar-refractivity contribution is 9.10. The summed E-state index contributed by atoms with van der Waals surface area (Å²) in [6.45, 7) is 5.67. The molecule has 0 unspecified atom stereocenters. The van der Waals surface area contributed by atoms with E-state index in [1.807, 2.05) is 19.1 Å². The molecule has 6 nitrogen and oxygen atoms in total. The number of fused-ring (bicyclic) bond motifs is 3. The van der Waals surface area contributed by atoms with Crippen LogP contribution in [0, 0.1) is 0 Å². The van der Waals surface area contributed by atoms with Crippen molar-refractivity contribution in [2.24, 2.45) is 5.73 Å². The number of likely N-dealkylation sites (tertiary alicyclic amines) is 1. The van der Waals surface area contributed by atoms with Gasteiger partial charge in [-0.25, -0.2) is 4.79 Å². The first-order valence-corrected chi connectivity index (χ1v) is 8.94. The van der Waals surface area contributed by atoms with Gasteiger partial charge in [-0.1, -0.05) is 12.1 Å². The van der Waals surface area contributed by atoms with E-state index < -0.39 is 0 Å². The molecule has 0 bridgehead atoms. The van der Waals surface area contributed by atoms with E-state index in [4.69, 9.17) is 10.5 Å². The smallest absolute Gasteiger partial charge is 0.409 e. The number of carbonyl (C=O) groups excluding carboxylic acids is 2. The Morgan fingerprint density at radius 3 is 2.88 bits per heavy atom. The van der Waals surface area contributed by atoms with Gasteiger partial charge in [0.25, 0.3) is 0 Å². The molecule has 0 radical (unpaired) electrons. The summed E-state index contributed by atoms with van der Waals surface area (Å²) in [5.41, 5.74) is 7.40. The van der Waals surface area contributed by atoms with Gasteiger partial charge in [0, 0.05) is 29.0 Å². The van der Waals surface area contributed by atoms with E-state index in [2.05, 4.69) is 33.8 Å². The Bertz CT molecular complexity index is 681. The van der Waals surface area contributed by atoms with Gasteiger partial charge in [-0.05, 0) is 47.8 Å². The van der Waals surface area contributed by atoms with Gasteiger partial charge in [0.1, 0.15) is 0 Å². The fourth-order valence-corrected chi connectivity index (χ4v) is 4.55. The van der Waals surface area contributed by atoms with Crippen LogP contribution >= 0.6 is 15.9 Å². The maximum Gasteiger partial charge on any atom is 0.409 e. The fraction of sp³-hybridized carbons (Fsp3) is 0.529. The maximum absolute atomic E-state index is 12.1. The lowest BCUT2D eigenvalue weighted by molar-refractivity contribution is -0.117. The molecule has 130 valence electrons. The SMILES string of the molecule is CCOC(=O)N1CC[C@@]2(C)[C@@H](C1)c1cccc(Br)c1N2CC(N)=O. The molecule has 2 N–H and O–H groups in total. The normalized spacial score (nSPS) is 25.2. The molecule has 1 aromatic carbocycles. The molecule has 1 aromatic rings. The lowest BCUT2D eigenvalue weighted by atomic mass is 9.78. The van der Waals surface area contributed by atoms with Crippen molar-refractivity contribution >= 4 is 33.6 Å². The Hall–Kier alpha value is -1.76. The number of para-hydroxylation sites is 1. The number of hydrogen-bond acceptors (Lipinski definition) is 4. The summed E-state index contributed by atoms with van der Waals surface area (Å²) < 4.78 is 6.10. The lowest BCUT2D eigenvalue weighted by Crippen LogP contribution is -2.57. The van der Waals surface area contributed by atoms with Crippen LogP contribution in [-0.4, -0.2) is 48.7 Å². The van der Waals surface area contributed by atoms with Gasteiger partial charge in [0.2, 0.25) is 5.91 Å². The van der Waals surface area contributed by atoms with Crippen molar-refractivity contribution < 1.29 is 14.3 Å². The first kappa shape index (κ1) is 17.1. The lowest BCUT2D eigenvalue weighted by Gasteiger charge is -2.46. The van der Waals surface area contributed by atoms with Gasteiger partial charge in [-0.2, -0.15) is 0 Å². The van der Waals surface area contributed by atoms with Crippen LogP contribution in [0.15, 0.2) is 22.7 Å². The van der Waals surface area contributed by atoms with Crippen molar-refractivity contribution in [1.82, 2.24) is 4.90 Å². The van der Waals surface area contributed by atoms with E-state index in [0.717, 1.165) is 22.1 Å². The van der Waals surface area contributed by atoms with E-state index in [0.29, 0.717) is 19.7 Å². The minimum absolute atomic E-state index is 0.113. The number of rotatable bonds is 3. The van der Waals surface area contributed by atoms with Crippen LogP contribution in [0.5, 0.6) is 0 Å². The number of anilines is 1. The third-order valence-electron chi connectivity index (χ3n) is 5.16. The Kier molecular flexibility index (Phi) is 4.46. The summed E-state index contributed by atoms with van der Waals surface area (Å²) in [6, 6.07) is 6.02. The monoisotopic (exact) mass is 395 g/mol. The summed E-state index contributed by atoms with van der Waals surface area (Å²) in [6.07, 6.45) is 0.481. The minimum atomic E-state index is -0.355. The van der Waals surface area contributed by atoms with Crippen molar-refractivity contribution in [2.45, 2.75) is 31.7 Å². The standard InChI is InChI=1S/C17H22BrN3O3/c1-3-24-16(23)20-8-7-17(2)12(9-20)11-5-4-6-13(18)15(11)21(17)10-14(19)22/h4-6,12H,3,7-10H2,1-2H3,(H2,19,22)/t12-,17-/m0/s1. The number of amides is 2. The largest absolute Gasteiger partial charge is 0.450 e. The Labute approximate surface area is 150 Å². The van der Waals surface area contributed by atoms with Crippen molar-refractivity contribution in [2.75, 3.05) is 31.1 Å². The summed E-state index contributed by atoms with van der Waals surface area (Å²) in [5, 5.41) is 0. The molecule has 3 rings (SSSR count).